The van der Waals surface area contributed by atoms with Gasteiger partial charge >= 0.3 is 12.4 Å². The van der Waals surface area contributed by atoms with Gasteiger partial charge in [0.05, 0.1) is 27.6 Å². The summed E-state index contributed by atoms with van der Waals surface area (Å²) in [4.78, 5) is 17.8. The molecule has 1 fully saturated rings. The molecule has 3 aromatic rings. The van der Waals surface area contributed by atoms with Gasteiger partial charge in [-0.05, 0) is 53.5 Å². The first-order valence-corrected chi connectivity index (χ1v) is 12.9. The number of hydrogen-bond donors (Lipinski definition) is 2. The normalized spacial score (nSPS) is 16.6. The van der Waals surface area contributed by atoms with Gasteiger partial charge in [0, 0.05) is 31.0 Å². The minimum absolute atomic E-state index is 0.0992. The van der Waals surface area contributed by atoms with Crippen LogP contribution in [0, 0.1) is 5.92 Å². The molecular weight excluding hydrogens is 560 g/mol. The van der Waals surface area contributed by atoms with Crippen molar-refractivity contribution in [1.29, 1.82) is 0 Å². The average Bonchev–Trinajstić information content (AvgIpc) is 3.52. The molecule has 0 radical (unpaired) electrons. The zero-order valence-electron chi connectivity index (χ0n) is 20.6. The van der Waals surface area contributed by atoms with Crippen LogP contribution in [0.25, 0.3) is 5.57 Å². The first kappa shape index (κ1) is 27.6. The smallest absolute Gasteiger partial charge is 0.416 e. The molecule has 0 bridgehead atoms. The largest absolute Gasteiger partial charge is 0.492 e. The minimum atomic E-state index is -5.06. The standard InChI is InChI=1S/C26H21F6N5O2S/c27-25(28,29)17-3-1-15(19(11-17)26(30,31)32)10-18(14-2-4-20-16(9-14)12-34-36-20)21-23(39)35-24(40-21)37-7-5-13(6-8-37)22(33)38/h1-4,9,11-13,39H,5-8,10H2,(H2,33,38). The van der Waals surface area contributed by atoms with Gasteiger partial charge < -0.3 is 15.7 Å². The van der Waals surface area contributed by atoms with E-state index >= 15 is 0 Å². The van der Waals surface area contributed by atoms with Crippen LogP contribution < -0.4 is 21.2 Å². The van der Waals surface area contributed by atoms with Gasteiger partial charge in [0.1, 0.15) is 0 Å². The number of anilines is 1. The molecule has 14 heteroatoms. The highest BCUT2D eigenvalue weighted by Crippen LogP contribution is 2.41. The van der Waals surface area contributed by atoms with E-state index in [1.807, 2.05) is 4.90 Å². The van der Waals surface area contributed by atoms with E-state index in [1.54, 1.807) is 18.2 Å². The fourth-order valence-electron chi connectivity index (χ4n) is 4.75. The molecule has 2 aromatic carbocycles. The van der Waals surface area contributed by atoms with Crippen molar-refractivity contribution in [1.82, 2.24) is 4.98 Å². The number of aromatic nitrogens is 1. The molecule has 0 aliphatic carbocycles. The summed E-state index contributed by atoms with van der Waals surface area (Å²) in [6.45, 7) is 0.868. The number of primary amides is 1. The number of carbonyl (C=O) groups is 1. The minimum Gasteiger partial charge on any atom is -0.492 e. The highest BCUT2D eigenvalue weighted by atomic mass is 32.1. The summed E-state index contributed by atoms with van der Waals surface area (Å²) in [5.74, 6) is -1.11. The summed E-state index contributed by atoms with van der Waals surface area (Å²) in [6.07, 6.45) is -8.03. The van der Waals surface area contributed by atoms with Crippen LogP contribution >= 0.6 is 11.3 Å². The molecule has 0 unspecified atom stereocenters. The van der Waals surface area contributed by atoms with Crippen LogP contribution in [-0.4, -0.2) is 35.3 Å². The summed E-state index contributed by atoms with van der Waals surface area (Å²) in [5.41, 5.74) is 3.00. The molecule has 1 amide bonds. The van der Waals surface area contributed by atoms with Crippen molar-refractivity contribution in [2.45, 2.75) is 31.6 Å². The number of benzene rings is 2. The van der Waals surface area contributed by atoms with Gasteiger partial charge in [0.25, 0.3) is 0 Å². The maximum atomic E-state index is 14.0. The molecular formula is C26H21F6N5O2S. The van der Waals surface area contributed by atoms with Gasteiger partial charge in [-0.2, -0.15) is 41.5 Å². The Labute approximate surface area is 227 Å². The van der Waals surface area contributed by atoms with Crippen LogP contribution in [0.2, 0.25) is 0 Å². The van der Waals surface area contributed by atoms with Crippen LogP contribution in [0.15, 0.2) is 46.6 Å². The van der Waals surface area contributed by atoms with Crippen molar-refractivity contribution >= 4 is 34.2 Å². The molecule has 210 valence electrons. The van der Waals surface area contributed by atoms with E-state index in [0.717, 1.165) is 17.4 Å². The fourth-order valence-corrected chi connectivity index (χ4v) is 5.83. The van der Waals surface area contributed by atoms with Crippen molar-refractivity contribution < 1.29 is 36.2 Å². The Morgan fingerprint density at radius 1 is 1.05 bits per heavy atom. The lowest BCUT2D eigenvalue weighted by Gasteiger charge is -2.30. The monoisotopic (exact) mass is 581 g/mol. The molecule has 0 spiro atoms. The third kappa shape index (κ3) is 5.53. The number of carbonyl (C=O) groups excluding carboxylic acids is 1. The number of thiazole rings is 1. The van der Waals surface area contributed by atoms with Crippen molar-refractivity contribution in [2.24, 2.45) is 21.9 Å². The second kappa shape index (κ2) is 10.2. The molecule has 3 heterocycles. The zero-order valence-corrected chi connectivity index (χ0v) is 21.4. The van der Waals surface area contributed by atoms with Crippen LogP contribution in [0.4, 0.5) is 31.5 Å². The Morgan fingerprint density at radius 2 is 1.77 bits per heavy atom. The van der Waals surface area contributed by atoms with Crippen molar-refractivity contribution in [3.63, 3.8) is 0 Å². The predicted molar refractivity (Wildman–Crippen MR) is 135 cm³/mol. The second-order valence-electron chi connectivity index (χ2n) is 9.45. The van der Waals surface area contributed by atoms with Gasteiger partial charge in [0.15, 0.2) is 5.13 Å². The van der Waals surface area contributed by atoms with Crippen molar-refractivity contribution in [2.75, 3.05) is 18.0 Å². The molecule has 0 atom stereocenters. The summed E-state index contributed by atoms with van der Waals surface area (Å²) >= 11 is 1.05. The molecule has 1 aromatic heterocycles. The quantitative estimate of drug-likeness (QED) is 0.445. The Hall–Kier alpha value is -3.94. The first-order chi connectivity index (χ1) is 18.8. The highest BCUT2D eigenvalue weighted by Gasteiger charge is 2.38. The molecule has 2 aliphatic rings. The summed E-state index contributed by atoms with van der Waals surface area (Å²) in [6, 6.07) is 6.37. The van der Waals surface area contributed by atoms with Crippen LogP contribution in [0.1, 0.15) is 40.0 Å². The third-order valence-electron chi connectivity index (χ3n) is 6.89. The van der Waals surface area contributed by atoms with E-state index in [9.17, 15) is 36.2 Å². The van der Waals surface area contributed by atoms with Gasteiger partial charge in [-0.15, -0.1) is 0 Å². The molecule has 2 aliphatic heterocycles. The lowest BCUT2D eigenvalue weighted by Crippen LogP contribution is -2.38. The number of hydrogen-bond acceptors (Lipinski definition) is 7. The molecule has 1 saturated heterocycles. The summed E-state index contributed by atoms with van der Waals surface area (Å²) in [7, 11) is 0. The molecule has 3 N–H and O–H groups in total. The Kier molecular flexibility index (Phi) is 7.06. The fraction of sp³-hybridized carbons (Fsp3) is 0.308. The van der Waals surface area contributed by atoms with E-state index < -0.39 is 47.3 Å². The van der Waals surface area contributed by atoms with Crippen LogP contribution in [-0.2, 0) is 23.6 Å². The van der Waals surface area contributed by atoms with E-state index in [4.69, 9.17) is 5.73 Å². The van der Waals surface area contributed by atoms with Crippen LogP contribution in [0.3, 0.4) is 0 Å². The highest BCUT2D eigenvalue weighted by molar-refractivity contribution is 7.17. The van der Waals surface area contributed by atoms with E-state index in [2.05, 4.69) is 15.2 Å². The number of piperidine rings is 1. The Balaban J connectivity index is 1.62. The number of halogens is 6. The number of nitrogens with two attached hydrogens (primary N) is 1. The third-order valence-corrected chi connectivity index (χ3v) is 8.05. The number of rotatable bonds is 5. The van der Waals surface area contributed by atoms with Gasteiger partial charge in [-0.3, -0.25) is 4.79 Å². The number of amides is 1. The Bertz CT molecular complexity index is 1620. The molecule has 5 rings (SSSR count). The van der Waals surface area contributed by atoms with Crippen LogP contribution in [0.5, 0.6) is 5.88 Å². The molecule has 40 heavy (non-hydrogen) atoms. The molecule has 0 saturated carbocycles. The average molecular weight is 582 g/mol. The predicted octanol–water partition coefficient (Wildman–Crippen LogP) is 4.00. The maximum absolute atomic E-state index is 14.0. The first-order valence-electron chi connectivity index (χ1n) is 12.1. The second-order valence-corrected chi connectivity index (χ2v) is 10.4. The van der Waals surface area contributed by atoms with E-state index in [1.165, 1.54) is 6.21 Å². The van der Waals surface area contributed by atoms with E-state index in [-0.39, 0.29) is 22.4 Å². The SMILES string of the molecule is NC(=O)C1CCN(c2nc(O)c(C(Cc3ccc(C(F)(F)F)cc3C(F)(F)F)=c3ccc4c(c3)C=NN=4)s2)CC1. The lowest BCUT2D eigenvalue weighted by molar-refractivity contribution is -0.143. The van der Waals surface area contributed by atoms with E-state index in [0.29, 0.717) is 53.3 Å². The van der Waals surface area contributed by atoms with Gasteiger partial charge in [-0.1, -0.05) is 23.5 Å². The maximum Gasteiger partial charge on any atom is 0.416 e. The van der Waals surface area contributed by atoms with Crippen molar-refractivity contribution in [3.8, 4) is 5.88 Å². The lowest BCUT2D eigenvalue weighted by atomic mass is 9.94. The molecule has 7 nitrogen and oxygen atoms in total. The van der Waals surface area contributed by atoms with Gasteiger partial charge in [0.2, 0.25) is 11.8 Å². The number of aromatic hydroxyl groups is 1. The van der Waals surface area contributed by atoms with Crippen molar-refractivity contribution in [3.05, 3.63) is 74.1 Å². The van der Waals surface area contributed by atoms with Gasteiger partial charge in [-0.25, -0.2) is 0 Å². The summed E-state index contributed by atoms with van der Waals surface area (Å²) < 4.78 is 81.6. The Morgan fingerprint density at radius 3 is 2.42 bits per heavy atom. The summed E-state index contributed by atoms with van der Waals surface area (Å²) in [5, 5.41) is 20.0. The number of fused-ring (bicyclic) bond motifs is 1. The zero-order chi connectivity index (χ0) is 28.8. The topological polar surface area (TPSA) is 104 Å². The number of nitrogens with zero attached hydrogens (tertiary/aromatic N) is 4. The number of alkyl halides is 6.